The first-order chi connectivity index (χ1) is 8.04. The monoisotopic (exact) mass is 237 g/mol. The minimum atomic E-state index is -0.436. The lowest BCUT2D eigenvalue weighted by atomic mass is 9.85. The molecule has 0 aromatic heterocycles. The van der Waals surface area contributed by atoms with E-state index in [4.69, 9.17) is 0 Å². The summed E-state index contributed by atoms with van der Waals surface area (Å²) in [5.74, 6) is -0.128. The molecule has 1 amide bonds. The van der Waals surface area contributed by atoms with Crippen LogP contribution < -0.4 is 5.32 Å². The molecule has 17 heavy (non-hydrogen) atoms. The molecule has 0 spiro atoms. The minimum Gasteiger partial charge on any atom is -0.468 e. The Kier molecular flexibility index (Phi) is 4.94. The van der Waals surface area contributed by atoms with Crippen molar-refractivity contribution >= 4 is 11.9 Å². The molecule has 0 saturated carbocycles. The van der Waals surface area contributed by atoms with Crippen LogP contribution in [-0.4, -0.2) is 25.5 Å². The minimum absolute atomic E-state index is 0.0728. The van der Waals surface area contributed by atoms with Crippen molar-refractivity contribution in [3.63, 3.8) is 0 Å². The highest BCUT2D eigenvalue weighted by atomic mass is 16.5. The van der Waals surface area contributed by atoms with Gasteiger partial charge < -0.3 is 10.1 Å². The van der Waals surface area contributed by atoms with Crippen LogP contribution in [0.4, 0.5) is 0 Å². The fraction of sp³-hybridized carbons (Fsp3) is 0.538. The van der Waals surface area contributed by atoms with Crippen LogP contribution in [0.3, 0.4) is 0 Å². The third kappa shape index (κ3) is 4.06. The second kappa shape index (κ2) is 6.23. The van der Waals surface area contributed by atoms with Gasteiger partial charge in [-0.1, -0.05) is 18.2 Å². The zero-order valence-electron chi connectivity index (χ0n) is 10.4. The number of hydrogen-bond acceptors (Lipinski definition) is 3. The fourth-order valence-electron chi connectivity index (χ4n) is 1.83. The van der Waals surface area contributed by atoms with Crippen molar-refractivity contribution < 1.29 is 14.3 Å². The third-order valence-corrected chi connectivity index (χ3v) is 3.02. The molecule has 1 unspecified atom stereocenters. The maximum absolute atomic E-state index is 11.7. The van der Waals surface area contributed by atoms with Crippen LogP contribution in [0, 0.1) is 5.92 Å². The molecule has 0 aliphatic heterocycles. The summed E-state index contributed by atoms with van der Waals surface area (Å²) in [6, 6.07) is 0. The summed E-state index contributed by atoms with van der Waals surface area (Å²) in [6.07, 6.45) is 4.49. The van der Waals surface area contributed by atoms with Crippen molar-refractivity contribution in [1.29, 1.82) is 0 Å². The van der Waals surface area contributed by atoms with E-state index in [0.29, 0.717) is 5.92 Å². The second-order valence-corrected chi connectivity index (χ2v) is 4.31. The summed E-state index contributed by atoms with van der Waals surface area (Å²) in [4.78, 5) is 22.6. The Balaban J connectivity index is 2.44. The first-order valence-corrected chi connectivity index (χ1v) is 5.74. The zero-order valence-corrected chi connectivity index (χ0v) is 10.4. The molecule has 0 saturated heterocycles. The van der Waals surface area contributed by atoms with Gasteiger partial charge in [0, 0.05) is 5.57 Å². The quantitative estimate of drug-likeness (QED) is 0.596. The predicted molar refractivity (Wildman–Crippen MR) is 65.3 cm³/mol. The number of hydrogen-bond donors (Lipinski definition) is 1. The molecule has 1 aliphatic carbocycles. The predicted octanol–water partition coefficient (Wildman–Crippen LogP) is 1.58. The molecule has 0 radical (unpaired) electrons. The Morgan fingerprint density at radius 3 is 2.76 bits per heavy atom. The van der Waals surface area contributed by atoms with Crippen LogP contribution in [0.25, 0.3) is 0 Å². The molecule has 1 atom stereocenters. The molecule has 0 aromatic rings. The van der Waals surface area contributed by atoms with Crippen molar-refractivity contribution in [3.8, 4) is 0 Å². The van der Waals surface area contributed by atoms with Crippen LogP contribution in [-0.2, 0) is 14.3 Å². The fourth-order valence-corrected chi connectivity index (χ4v) is 1.83. The van der Waals surface area contributed by atoms with Gasteiger partial charge >= 0.3 is 5.97 Å². The van der Waals surface area contributed by atoms with Crippen LogP contribution in [0.15, 0.2) is 23.8 Å². The summed E-state index contributed by atoms with van der Waals surface area (Å²) in [6.45, 7) is 5.87. The molecule has 94 valence electrons. The lowest BCUT2D eigenvalue weighted by molar-refractivity contribution is -0.140. The lowest BCUT2D eigenvalue weighted by Gasteiger charge is -2.21. The van der Waals surface area contributed by atoms with Crippen molar-refractivity contribution in [2.24, 2.45) is 5.92 Å². The molecule has 4 heteroatoms. The van der Waals surface area contributed by atoms with Gasteiger partial charge in [-0.25, -0.2) is 0 Å². The Morgan fingerprint density at radius 2 is 2.29 bits per heavy atom. The maximum atomic E-state index is 11.7. The Hall–Kier alpha value is -1.58. The number of carbonyl (C=O) groups is 2. The lowest BCUT2D eigenvalue weighted by Crippen LogP contribution is -2.32. The van der Waals surface area contributed by atoms with E-state index in [9.17, 15) is 9.59 Å². The molecular formula is C13H19NO3. The van der Waals surface area contributed by atoms with E-state index >= 15 is 0 Å². The molecule has 0 bridgehead atoms. The van der Waals surface area contributed by atoms with Gasteiger partial charge in [-0.15, -0.1) is 0 Å². The highest BCUT2D eigenvalue weighted by molar-refractivity contribution is 5.95. The van der Waals surface area contributed by atoms with Gasteiger partial charge in [0.1, 0.15) is 6.54 Å². The third-order valence-electron chi connectivity index (χ3n) is 3.02. The molecule has 1 rings (SSSR count). The second-order valence-electron chi connectivity index (χ2n) is 4.31. The Bertz CT molecular complexity index is 358. The summed E-state index contributed by atoms with van der Waals surface area (Å²) < 4.78 is 4.45. The summed E-state index contributed by atoms with van der Waals surface area (Å²) in [5.41, 5.74) is 1.92. The molecular weight excluding hydrogens is 218 g/mol. The number of allylic oxidation sites excluding steroid dienone is 2. The Labute approximate surface area is 102 Å². The largest absolute Gasteiger partial charge is 0.468 e. The SMILES string of the molecule is C=C(C)C1CC=C(C(=O)NCC(=O)OC)CC1. The highest BCUT2D eigenvalue weighted by Gasteiger charge is 2.19. The first kappa shape index (κ1) is 13.5. The number of methoxy groups -OCH3 is 1. The topological polar surface area (TPSA) is 55.4 Å². The number of amides is 1. The van der Waals surface area contributed by atoms with Crippen LogP contribution in [0.2, 0.25) is 0 Å². The molecule has 1 N–H and O–H groups in total. The number of ether oxygens (including phenoxy) is 1. The number of carbonyl (C=O) groups excluding carboxylic acids is 2. The van der Waals surface area contributed by atoms with E-state index in [-0.39, 0.29) is 12.5 Å². The van der Waals surface area contributed by atoms with E-state index in [1.807, 2.05) is 13.0 Å². The van der Waals surface area contributed by atoms with Gasteiger partial charge in [0.15, 0.2) is 0 Å². The van der Waals surface area contributed by atoms with E-state index in [1.54, 1.807) is 0 Å². The summed E-state index contributed by atoms with van der Waals surface area (Å²) in [7, 11) is 1.30. The van der Waals surface area contributed by atoms with Gasteiger partial charge in [-0.2, -0.15) is 0 Å². The van der Waals surface area contributed by atoms with Crippen LogP contribution in [0.1, 0.15) is 26.2 Å². The van der Waals surface area contributed by atoms with E-state index in [2.05, 4.69) is 16.6 Å². The molecule has 0 fully saturated rings. The number of nitrogens with one attached hydrogen (secondary N) is 1. The van der Waals surface area contributed by atoms with Gasteiger partial charge in [0.25, 0.3) is 0 Å². The smallest absolute Gasteiger partial charge is 0.325 e. The Morgan fingerprint density at radius 1 is 1.59 bits per heavy atom. The van der Waals surface area contributed by atoms with Gasteiger partial charge in [0.05, 0.1) is 7.11 Å². The molecule has 1 aliphatic rings. The molecule has 0 aromatic carbocycles. The van der Waals surface area contributed by atoms with Crippen molar-refractivity contribution in [2.45, 2.75) is 26.2 Å². The molecule has 4 nitrogen and oxygen atoms in total. The van der Waals surface area contributed by atoms with Crippen molar-refractivity contribution in [1.82, 2.24) is 5.32 Å². The summed E-state index contributed by atoms with van der Waals surface area (Å²) in [5, 5.41) is 2.54. The average molecular weight is 237 g/mol. The van der Waals surface area contributed by atoms with E-state index < -0.39 is 5.97 Å². The number of rotatable bonds is 4. The standard InChI is InChI=1S/C13H19NO3/c1-9(2)10-4-6-11(7-5-10)13(16)14-8-12(15)17-3/h6,10H,1,4-5,7-8H2,2-3H3,(H,14,16). The van der Waals surface area contributed by atoms with Gasteiger partial charge in [0.2, 0.25) is 5.91 Å². The first-order valence-electron chi connectivity index (χ1n) is 5.74. The van der Waals surface area contributed by atoms with Gasteiger partial charge in [-0.3, -0.25) is 9.59 Å². The number of esters is 1. The normalized spacial score (nSPS) is 19.2. The highest BCUT2D eigenvalue weighted by Crippen LogP contribution is 2.27. The van der Waals surface area contributed by atoms with Crippen LogP contribution >= 0.6 is 0 Å². The summed E-state index contributed by atoms with van der Waals surface area (Å²) >= 11 is 0. The zero-order chi connectivity index (χ0) is 12.8. The van der Waals surface area contributed by atoms with Crippen molar-refractivity contribution in [3.05, 3.63) is 23.8 Å². The molecule has 0 heterocycles. The van der Waals surface area contributed by atoms with Crippen LogP contribution in [0.5, 0.6) is 0 Å². The van der Waals surface area contributed by atoms with E-state index in [0.717, 1.165) is 30.4 Å². The van der Waals surface area contributed by atoms with Crippen molar-refractivity contribution in [2.75, 3.05) is 13.7 Å². The van der Waals surface area contributed by atoms with Gasteiger partial charge in [-0.05, 0) is 32.1 Å². The maximum Gasteiger partial charge on any atom is 0.325 e. The average Bonchev–Trinajstić information content (AvgIpc) is 2.35. The van der Waals surface area contributed by atoms with E-state index in [1.165, 1.54) is 7.11 Å².